The molecule has 0 saturated heterocycles. The van der Waals surface area contributed by atoms with Gasteiger partial charge in [-0.15, -0.1) is 0 Å². The Morgan fingerprint density at radius 2 is 2.09 bits per heavy atom. The van der Waals surface area contributed by atoms with Crippen LogP contribution in [0.1, 0.15) is 28.9 Å². The SMILES string of the molecule is COc1cnc(Cl)cc1-c1cc(COC2CC2)ncc1C(N)=O. The van der Waals surface area contributed by atoms with E-state index in [9.17, 15) is 4.79 Å². The third-order valence-corrected chi connectivity index (χ3v) is 3.77. The number of carbonyl (C=O) groups excluding carboxylic acids is 1. The predicted octanol–water partition coefficient (Wildman–Crippen LogP) is 2.58. The van der Waals surface area contributed by atoms with E-state index in [1.807, 2.05) is 0 Å². The molecular weight excluding hydrogens is 318 g/mol. The number of hydrogen-bond acceptors (Lipinski definition) is 5. The van der Waals surface area contributed by atoms with E-state index < -0.39 is 5.91 Å². The summed E-state index contributed by atoms with van der Waals surface area (Å²) in [5.41, 5.74) is 7.71. The molecule has 0 atom stereocenters. The lowest BCUT2D eigenvalue weighted by molar-refractivity contribution is 0.0995. The van der Waals surface area contributed by atoms with E-state index in [2.05, 4.69) is 9.97 Å². The van der Waals surface area contributed by atoms with Crippen molar-refractivity contribution in [2.45, 2.75) is 25.6 Å². The normalized spacial score (nSPS) is 13.8. The lowest BCUT2D eigenvalue weighted by atomic mass is 10.0. The van der Waals surface area contributed by atoms with Crippen LogP contribution in [0, 0.1) is 0 Å². The number of nitrogens with two attached hydrogens (primary N) is 1. The number of primary amides is 1. The van der Waals surface area contributed by atoms with Gasteiger partial charge in [0.1, 0.15) is 10.9 Å². The van der Waals surface area contributed by atoms with Crippen LogP contribution in [0.5, 0.6) is 5.75 Å². The van der Waals surface area contributed by atoms with Crippen molar-refractivity contribution in [2.24, 2.45) is 5.73 Å². The number of hydrogen-bond donors (Lipinski definition) is 1. The Bertz CT molecular complexity index is 747. The van der Waals surface area contributed by atoms with Gasteiger partial charge in [0.05, 0.1) is 37.3 Å². The van der Waals surface area contributed by atoms with Crippen LogP contribution in [0.3, 0.4) is 0 Å². The summed E-state index contributed by atoms with van der Waals surface area (Å²) in [6.45, 7) is 0.387. The average Bonchev–Trinajstić information content (AvgIpc) is 3.36. The number of halogens is 1. The standard InChI is InChI=1S/C16H16ClN3O3/c1-22-14-7-20-15(17)5-12(14)11-4-9(8-23-10-2-3-10)19-6-13(11)16(18)21/h4-7,10H,2-3,8H2,1H3,(H2,18,21). The highest BCUT2D eigenvalue weighted by molar-refractivity contribution is 6.29. The van der Waals surface area contributed by atoms with Crippen molar-refractivity contribution < 1.29 is 14.3 Å². The van der Waals surface area contributed by atoms with E-state index in [4.69, 9.17) is 26.8 Å². The van der Waals surface area contributed by atoms with Crippen molar-refractivity contribution in [3.8, 4) is 16.9 Å². The van der Waals surface area contributed by atoms with Crippen LogP contribution in [0.4, 0.5) is 0 Å². The van der Waals surface area contributed by atoms with E-state index >= 15 is 0 Å². The molecule has 2 aromatic heterocycles. The third kappa shape index (κ3) is 3.60. The Morgan fingerprint density at radius 1 is 1.30 bits per heavy atom. The minimum atomic E-state index is -0.572. The average molecular weight is 334 g/mol. The molecule has 1 aliphatic rings. The Labute approximate surface area is 138 Å². The monoisotopic (exact) mass is 333 g/mol. The zero-order valence-corrected chi connectivity index (χ0v) is 13.3. The van der Waals surface area contributed by atoms with Gasteiger partial charge in [-0.05, 0) is 25.0 Å². The third-order valence-electron chi connectivity index (χ3n) is 3.56. The van der Waals surface area contributed by atoms with Gasteiger partial charge in [-0.2, -0.15) is 0 Å². The molecule has 0 unspecified atom stereocenters. The number of rotatable bonds is 6. The maximum atomic E-state index is 11.7. The molecule has 7 heteroatoms. The van der Waals surface area contributed by atoms with Gasteiger partial charge in [0.15, 0.2) is 0 Å². The fraction of sp³-hybridized carbons (Fsp3) is 0.312. The summed E-state index contributed by atoms with van der Waals surface area (Å²) in [5.74, 6) is -0.0747. The summed E-state index contributed by atoms with van der Waals surface area (Å²) in [5, 5.41) is 0.295. The number of carbonyl (C=O) groups is 1. The highest BCUT2D eigenvalue weighted by atomic mass is 35.5. The van der Waals surface area contributed by atoms with E-state index in [0.29, 0.717) is 46.0 Å². The summed E-state index contributed by atoms with van der Waals surface area (Å²) in [7, 11) is 1.52. The molecule has 0 radical (unpaired) electrons. The van der Waals surface area contributed by atoms with Crippen molar-refractivity contribution in [2.75, 3.05) is 7.11 Å². The number of methoxy groups -OCH3 is 1. The predicted molar refractivity (Wildman–Crippen MR) is 85.4 cm³/mol. The molecule has 2 aromatic rings. The molecule has 1 amide bonds. The number of ether oxygens (including phenoxy) is 2. The van der Waals surface area contributed by atoms with Gasteiger partial charge in [-0.25, -0.2) is 4.98 Å². The Balaban J connectivity index is 2.05. The second-order valence-corrected chi connectivity index (χ2v) is 5.69. The van der Waals surface area contributed by atoms with Gasteiger partial charge in [0.25, 0.3) is 5.91 Å². The molecule has 23 heavy (non-hydrogen) atoms. The number of aromatic nitrogens is 2. The van der Waals surface area contributed by atoms with Crippen molar-refractivity contribution in [3.05, 3.63) is 40.9 Å². The zero-order valence-electron chi connectivity index (χ0n) is 12.6. The Kier molecular flexibility index (Phi) is 4.45. The van der Waals surface area contributed by atoms with Crippen LogP contribution in [-0.4, -0.2) is 29.1 Å². The molecule has 0 bridgehead atoms. The van der Waals surface area contributed by atoms with E-state index in [-0.39, 0.29) is 0 Å². The lowest BCUT2D eigenvalue weighted by Crippen LogP contribution is -2.14. The highest BCUT2D eigenvalue weighted by Crippen LogP contribution is 2.34. The highest BCUT2D eigenvalue weighted by Gasteiger charge is 2.23. The smallest absolute Gasteiger partial charge is 0.250 e. The maximum Gasteiger partial charge on any atom is 0.250 e. The van der Waals surface area contributed by atoms with E-state index in [1.54, 1.807) is 12.1 Å². The van der Waals surface area contributed by atoms with Crippen LogP contribution in [0.2, 0.25) is 5.15 Å². The van der Waals surface area contributed by atoms with Gasteiger partial charge >= 0.3 is 0 Å². The van der Waals surface area contributed by atoms with Crippen molar-refractivity contribution in [3.63, 3.8) is 0 Å². The number of amides is 1. The number of pyridine rings is 2. The molecule has 1 fully saturated rings. The fourth-order valence-electron chi connectivity index (χ4n) is 2.23. The van der Waals surface area contributed by atoms with Gasteiger partial charge in [-0.1, -0.05) is 11.6 Å². The molecule has 0 aromatic carbocycles. The van der Waals surface area contributed by atoms with Gasteiger partial charge < -0.3 is 15.2 Å². The van der Waals surface area contributed by atoms with Crippen LogP contribution >= 0.6 is 11.6 Å². The minimum Gasteiger partial charge on any atom is -0.494 e. The zero-order chi connectivity index (χ0) is 16.4. The summed E-state index contributed by atoms with van der Waals surface area (Å²) in [6.07, 6.45) is 5.45. The molecule has 0 spiro atoms. The second kappa shape index (κ2) is 6.52. The molecule has 2 N–H and O–H groups in total. The Hall–Kier alpha value is -2.18. The first kappa shape index (κ1) is 15.7. The van der Waals surface area contributed by atoms with Crippen molar-refractivity contribution >= 4 is 17.5 Å². The maximum absolute atomic E-state index is 11.7. The summed E-state index contributed by atoms with van der Waals surface area (Å²) in [4.78, 5) is 20.0. The molecular formula is C16H16ClN3O3. The first-order valence-electron chi connectivity index (χ1n) is 7.18. The summed E-state index contributed by atoms with van der Waals surface area (Å²) >= 11 is 5.98. The van der Waals surface area contributed by atoms with Crippen molar-refractivity contribution in [1.29, 1.82) is 0 Å². The number of nitrogens with zero attached hydrogens (tertiary/aromatic N) is 2. The summed E-state index contributed by atoms with van der Waals surface area (Å²) < 4.78 is 11.0. The van der Waals surface area contributed by atoms with Crippen molar-refractivity contribution in [1.82, 2.24) is 9.97 Å². The van der Waals surface area contributed by atoms with Crippen LogP contribution in [-0.2, 0) is 11.3 Å². The van der Waals surface area contributed by atoms with Crippen LogP contribution < -0.4 is 10.5 Å². The molecule has 2 heterocycles. The van der Waals surface area contributed by atoms with Gasteiger partial charge in [0.2, 0.25) is 0 Å². The first-order valence-corrected chi connectivity index (χ1v) is 7.56. The molecule has 120 valence electrons. The quantitative estimate of drug-likeness (QED) is 0.821. The van der Waals surface area contributed by atoms with Gasteiger partial charge in [0, 0.05) is 17.3 Å². The largest absolute Gasteiger partial charge is 0.494 e. The molecule has 1 aliphatic carbocycles. The van der Waals surface area contributed by atoms with E-state index in [0.717, 1.165) is 12.8 Å². The molecule has 3 rings (SSSR count). The molecule has 0 aliphatic heterocycles. The van der Waals surface area contributed by atoms with Crippen LogP contribution in [0.15, 0.2) is 24.5 Å². The second-order valence-electron chi connectivity index (χ2n) is 5.30. The molecule has 6 nitrogen and oxygen atoms in total. The molecule has 1 saturated carbocycles. The van der Waals surface area contributed by atoms with E-state index in [1.165, 1.54) is 19.5 Å². The fourth-order valence-corrected chi connectivity index (χ4v) is 2.38. The van der Waals surface area contributed by atoms with Gasteiger partial charge in [-0.3, -0.25) is 9.78 Å². The minimum absolute atomic E-state index is 0.292. The topological polar surface area (TPSA) is 87.3 Å². The first-order chi connectivity index (χ1) is 11.1. The lowest BCUT2D eigenvalue weighted by Gasteiger charge is -2.13. The summed E-state index contributed by atoms with van der Waals surface area (Å²) in [6, 6.07) is 3.41. The van der Waals surface area contributed by atoms with Crippen LogP contribution in [0.25, 0.3) is 11.1 Å². The Morgan fingerprint density at radius 3 is 2.74 bits per heavy atom.